The molecule has 1 amide bonds. The molecule has 1 heterocycles. The first-order valence-corrected chi connectivity index (χ1v) is 4.13. The fraction of sp³-hybridized carbons (Fsp3) is 0.444. The van der Waals surface area contributed by atoms with E-state index >= 15 is 0 Å². The molecule has 1 aromatic heterocycles. The van der Waals surface area contributed by atoms with Gasteiger partial charge in [0.2, 0.25) is 0 Å². The predicted molar refractivity (Wildman–Crippen MR) is 48.0 cm³/mol. The Morgan fingerprint density at radius 3 is 2.75 bits per heavy atom. The van der Waals surface area contributed by atoms with Crippen molar-refractivity contribution in [2.24, 2.45) is 5.73 Å². The summed E-state index contributed by atoms with van der Waals surface area (Å²) >= 11 is 0. The van der Waals surface area contributed by atoms with Crippen LogP contribution in [0.3, 0.4) is 0 Å². The van der Waals surface area contributed by atoms with Gasteiger partial charge in [-0.1, -0.05) is 13.3 Å². The van der Waals surface area contributed by atoms with E-state index in [1.807, 2.05) is 13.0 Å². The number of rotatable bonds is 3. The summed E-state index contributed by atoms with van der Waals surface area (Å²) in [7, 11) is 0. The van der Waals surface area contributed by atoms with Gasteiger partial charge in [0.25, 0.3) is 5.91 Å². The third-order valence-electron chi connectivity index (χ3n) is 1.86. The first-order valence-electron chi connectivity index (χ1n) is 4.13. The molecule has 0 aromatic carbocycles. The topological polar surface area (TPSA) is 58.9 Å². The Bertz CT molecular complexity index is 289. The van der Waals surface area contributed by atoms with Crippen LogP contribution >= 0.6 is 0 Å². The number of aromatic amines is 1. The second-order valence-corrected chi connectivity index (χ2v) is 2.95. The molecule has 0 aliphatic heterocycles. The molecule has 66 valence electrons. The molecule has 0 atom stereocenters. The molecule has 0 saturated carbocycles. The molecule has 1 rings (SSSR count). The highest BCUT2D eigenvalue weighted by molar-refractivity contribution is 5.94. The average molecular weight is 166 g/mol. The molecule has 0 saturated heterocycles. The summed E-state index contributed by atoms with van der Waals surface area (Å²) in [6.07, 6.45) is 2.03. The van der Waals surface area contributed by atoms with Crippen molar-refractivity contribution in [3.63, 3.8) is 0 Å². The summed E-state index contributed by atoms with van der Waals surface area (Å²) in [5.41, 5.74) is 7.73. The first kappa shape index (κ1) is 8.84. The Morgan fingerprint density at radius 2 is 2.33 bits per heavy atom. The number of carbonyl (C=O) groups excluding carboxylic acids is 1. The first-order chi connectivity index (χ1) is 5.65. The zero-order chi connectivity index (χ0) is 9.14. The van der Waals surface area contributed by atoms with E-state index in [1.54, 1.807) is 0 Å². The smallest absolute Gasteiger partial charge is 0.250 e. The van der Waals surface area contributed by atoms with E-state index in [1.165, 1.54) is 0 Å². The fourth-order valence-corrected chi connectivity index (χ4v) is 1.29. The van der Waals surface area contributed by atoms with Crippen LogP contribution in [0.2, 0.25) is 0 Å². The van der Waals surface area contributed by atoms with E-state index in [-0.39, 0.29) is 5.91 Å². The van der Waals surface area contributed by atoms with Gasteiger partial charge in [-0.05, 0) is 19.4 Å². The van der Waals surface area contributed by atoms with Crippen LogP contribution < -0.4 is 5.73 Å². The highest BCUT2D eigenvalue weighted by Gasteiger charge is 2.07. The van der Waals surface area contributed by atoms with Crippen molar-refractivity contribution >= 4 is 5.91 Å². The Hall–Kier alpha value is -1.25. The third kappa shape index (κ3) is 1.67. The molecule has 0 unspecified atom stereocenters. The highest BCUT2D eigenvalue weighted by atomic mass is 16.1. The molecule has 3 heteroatoms. The van der Waals surface area contributed by atoms with E-state index in [2.05, 4.69) is 11.9 Å². The van der Waals surface area contributed by atoms with Crippen LogP contribution in [0.4, 0.5) is 0 Å². The van der Waals surface area contributed by atoms with Gasteiger partial charge in [-0.2, -0.15) is 0 Å². The van der Waals surface area contributed by atoms with E-state index in [0.29, 0.717) is 5.56 Å². The maximum atomic E-state index is 10.8. The van der Waals surface area contributed by atoms with E-state index < -0.39 is 0 Å². The van der Waals surface area contributed by atoms with Crippen LogP contribution in [0.15, 0.2) is 6.07 Å². The second kappa shape index (κ2) is 3.43. The molecular weight excluding hydrogens is 152 g/mol. The van der Waals surface area contributed by atoms with Gasteiger partial charge >= 0.3 is 0 Å². The molecule has 0 bridgehead atoms. The Labute approximate surface area is 72.0 Å². The lowest BCUT2D eigenvalue weighted by Gasteiger charge is -1.89. The Balaban J connectivity index is 2.92. The molecule has 1 aromatic rings. The number of carbonyl (C=O) groups is 1. The number of aryl methyl sites for hydroxylation is 2. The summed E-state index contributed by atoms with van der Waals surface area (Å²) in [5, 5.41) is 0. The largest absolute Gasteiger partial charge is 0.366 e. The van der Waals surface area contributed by atoms with Gasteiger partial charge in [0.1, 0.15) is 0 Å². The van der Waals surface area contributed by atoms with E-state index in [4.69, 9.17) is 5.73 Å². The van der Waals surface area contributed by atoms with Crippen molar-refractivity contribution in [3.05, 3.63) is 23.0 Å². The summed E-state index contributed by atoms with van der Waals surface area (Å²) < 4.78 is 0. The minimum Gasteiger partial charge on any atom is -0.366 e. The fourth-order valence-electron chi connectivity index (χ4n) is 1.29. The number of H-pyrrole nitrogens is 1. The minimum absolute atomic E-state index is 0.355. The van der Waals surface area contributed by atoms with Crippen LogP contribution in [0.5, 0.6) is 0 Å². The van der Waals surface area contributed by atoms with Crippen molar-refractivity contribution in [2.75, 3.05) is 0 Å². The van der Waals surface area contributed by atoms with Crippen LogP contribution in [0, 0.1) is 6.92 Å². The Kier molecular flexibility index (Phi) is 2.53. The SMILES string of the molecule is CCCc1cc(C(N)=O)c(C)[nH]1. The van der Waals surface area contributed by atoms with Gasteiger partial charge in [-0.15, -0.1) is 0 Å². The molecule has 0 fully saturated rings. The maximum Gasteiger partial charge on any atom is 0.250 e. The van der Waals surface area contributed by atoms with Crippen LogP contribution in [0.1, 0.15) is 35.1 Å². The van der Waals surface area contributed by atoms with Crippen molar-refractivity contribution in [1.29, 1.82) is 0 Å². The van der Waals surface area contributed by atoms with Crippen molar-refractivity contribution in [3.8, 4) is 0 Å². The standard InChI is InChI=1S/C9H14N2O/c1-3-4-7-5-8(9(10)12)6(2)11-7/h5,11H,3-4H2,1-2H3,(H2,10,12). The van der Waals surface area contributed by atoms with E-state index in [0.717, 1.165) is 24.2 Å². The number of aromatic nitrogens is 1. The van der Waals surface area contributed by atoms with Crippen LogP contribution in [0.25, 0.3) is 0 Å². The molecule has 0 aliphatic carbocycles. The zero-order valence-electron chi connectivity index (χ0n) is 7.48. The third-order valence-corrected chi connectivity index (χ3v) is 1.86. The molecule has 0 aliphatic rings. The van der Waals surface area contributed by atoms with Crippen LogP contribution in [-0.4, -0.2) is 10.9 Å². The number of primary amides is 1. The lowest BCUT2D eigenvalue weighted by atomic mass is 10.2. The molecule has 0 radical (unpaired) electrons. The summed E-state index contributed by atoms with van der Waals surface area (Å²) in [4.78, 5) is 14.0. The van der Waals surface area contributed by atoms with Crippen molar-refractivity contribution in [2.45, 2.75) is 26.7 Å². The zero-order valence-corrected chi connectivity index (χ0v) is 7.48. The second-order valence-electron chi connectivity index (χ2n) is 2.95. The van der Waals surface area contributed by atoms with Gasteiger partial charge < -0.3 is 10.7 Å². The molecule has 0 spiro atoms. The van der Waals surface area contributed by atoms with Gasteiger partial charge in [0, 0.05) is 11.4 Å². The lowest BCUT2D eigenvalue weighted by molar-refractivity contribution is 0.1000. The minimum atomic E-state index is -0.355. The summed E-state index contributed by atoms with van der Waals surface area (Å²) in [6.45, 7) is 3.96. The maximum absolute atomic E-state index is 10.8. The summed E-state index contributed by atoms with van der Waals surface area (Å²) in [6, 6.07) is 1.83. The van der Waals surface area contributed by atoms with E-state index in [9.17, 15) is 4.79 Å². The highest BCUT2D eigenvalue weighted by Crippen LogP contribution is 2.10. The Morgan fingerprint density at radius 1 is 1.67 bits per heavy atom. The number of nitrogens with one attached hydrogen (secondary N) is 1. The van der Waals surface area contributed by atoms with Gasteiger partial charge in [0.15, 0.2) is 0 Å². The van der Waals surface area contributed by atoms with Gasteiger partial charge in [-0.25, -0.2) is 0 Å². The number of hydrogen-bond donors (Lipinski definition) is 2. The molecule has 3 N–H and O–H groups in total. The van der Waals surface area contributed by atoms with Gasteiger partial charge in [0.05, 0.1) is 5.56 Å². The monoisotopic (exact) mass is 166 g/mol. The van der Waals surface area contributed by atoms with Crippen molar-refractivity contribution < 1.29 is 4.79 Å². The molecule has 3 nitrogen and oxygen atoms in total. The predicted octanol–water partition coefficient (Wildman–Crippen LogP) is 1.37. The normalized spacial score (nSPS) is 10.2. The number of nitrogens with two attached hydrogens (primary N) is 1. The molecule has 12 heavy (non-hydrogen) atoms. The van der Waals surface area contributed by atoms with Crippen molar-refractivity contribution in [1.82, 2.24) is 4.98 Å². The van der Waals surface area contributed by atoms with Gasteiger partial charge in [-0.3, -0.25) is 4.79 Å². The molecular formula is C9H14N2O. The van der Waals surface area contributed by atoms with Crippen LogP contribution in [-0.2, 0) is 6.42 Å². The lowest BCUT2D eigenvalue weighted by Crippen LogP contribution is -2.10. The summed E-state index contributed by atoms with van der Waals surface area (Å²) in [5.74, 6) is -0.355. The quantitative estimate of drug-likeness (QED) is 0.700. The average Bonchev–Trinajstić information content (AvgIpc) is 2.32. The number of hydrogen-bond acceptors (Lipinski definition) is 1. The number of amides is 1.